The molecule has 1 atom stereocenters. The van der Waals surface area contributed by atoms with Gasteiger partial charge in [0.25, 0.3) is 0 Å². The standard InChI is InChI=1S/C11H15NO2S/c1-12-6-5-9-7-11(15(13)14-2)4-3-10(9)8-12/h3-4,7H,5-6,8H2,1-2H3. The molecule has 1 aromatic carbocycles. The van der Waals surface area contributed by atoms with Crippen LogP contribution in [0.1, 0.15) is 11.1 Å². The second-order valence-corrected chi connectivity index (χ2v) is 5.09. The molecule has 0 spiro atoms. The molecule has 2 rings (SSSR count). The molecular formula is C11H15NO2S. The summed E-state index contributed by atoms with van der Waals surface area (Å²) >= 11 is -1.31. The molecule has 1 aliphatic rings. The van der Waals surface area contributed by atoms with Gasteiger partial charge in [-0.1, -0.05) is 6.07 Å². The van der Waals surface area contributed by atoms with E-state index < -0.39 is 11.1 Å². The first-order valence-corrected chi connectivity index (χ1v) is 6.05. The minimum Gasteiger partial charge on any atom is -0.302 e. The lowest BCUT2D eigenvalue weighted by Crippen LogP contribution is -2.26. The molecule has 0 N–H and O–H groups in total. The molecule has 15 heavy (non-hydrogen) atoms. The maximum absolute atomic E-state index is 11.4. The van der Waals surface area contributed by atoms with Crippen LogP contribution in [0, 0.1) is 0 Å². The van der Waals surface area contributed by atoms with Crippen molar-refractivity contribution in [3.63, 3.8) is 0 Å². The van der Waals surface area contributed by atoms with Crippen LogP contribution < -0.4 is 0 Å². The van der Waals surface area contributed by atoms with E-state index in [1.54, 1.807) is 0 Å². The number of fused-ring (bicyclic) bond motifs is 1. The fourth-order valence-electron chi connectivity index (χ4n) is 1.87. The van der Waals surface area contributed by atoms with Crippen LogP contribution in [-0.2, 0) is 28.2 Å². The molecule has 1 aromatic rings. The van der Waals surface area contributed by atoms with Crippen LogP contribution in [0.25, 0.3) is 0 Å². The van der Waals surface area contributed by atoms with Crippen molar-refractivity contribution in [2.45, 2.75) is 17.9 Å². The monoisotopic (exact) mass is 225 g/mol. The molecule has 82 valence electrons. The zero-order chi connectivity index (χ0) is 10.8. The summed E-state index contributed by atoms with van der Waals surface area (Å²) in [5, 5.41) is 0. The van der Waals surface area contributed by atoms with Crippen LogP contribution in [0.15, 0.2) is 23.1 Å². The smallest absolute Gasteiger partial charge is 0.188 e. The Kier molecular flexibility index (Phi) is 3.19. The Morgan fingerprint density at radius 1 is 1.40 bits per heavy atom. The summed E-state index contributed by atoms with van der Waals surface area (Å²) in [5.74, 6) is 0. The van der Waals surface area contributed by atoms with Crippen LogP contribution in [0.4, 0.5) is 0 Å². The fourth-order valence-corrected chi connectivity index (χ4v) is 2.48. The molecule has 0 bridgehead atoms. The first-order valence-electron chi connectivity index (χ1n) is 4.97. The summed E-state index contributed by atoms with van der Waals surface area (Å²) in [6, 6.07) is 5.94. The Balaban J connectivity index is 2.30. The minimum absolute atomic E-state index is 0.765. The molecule has 0 fully saturated rings. The van der Waals surface area contributed by atoms with Crippen molar-refractivity contribution in [2.75, 3.05) is 20.7 Å². The molecule has 1 unspecified atom stereocenters. The van der Waals surface area contributed by atoms with Gasteiger partial charge in [-0.3, -0.25) is 4.18 Å². The molecule has 1 aliphatic heterocycles. The highest BCUT2D eigenvalue weighted by Gasteiger charge is 2.14. The first kappa shape index (κ1) is 10.8. The average molecular weight is 225 g/mol. The zero-order valence-electron chi connectivity index (χ0n) is 9.03. The predicted molar refractivity (Wildman–Crippen MR) is 59.9 cm³/mol. The quantitative estimate of drug-likeness (QED) is 0.761. The number of likely N-dealkylation sites (N-methyl/N-ethyl adjacent to an activating group) is 1. The van der Waals surface area contributed by atoms with Crippen molar-refractivity contribution in [1.82, 2.24) is 4.90 Å². The minimum atomic E-state index is -1.31. The lowest BCUT2D eigenvalue weighted by atomic mass is 10.0. The average Bonchev–Trinajstić information content (AvgIpc) is 2.27. The number of benzene rings is 1. The third-order valence-corrected chi connectivity index (χ3v) is 3.67. The van der Waals surface area contributed by atoms with Crippen molar-refractivity contribution >= 4 is 11.1 Å². The van der Waals surface area contributed by atoms with Crippen LogP contribution in [0.3, 0.4) is 0 Å². The molecular weight excluding hydrogens is 210 g/mol. The van der Waals surface area contributed by atoms with Gasteiger partial charge in [0.2, 0.25) is 0 Å². The lowest BCUT2D eigenvalue weighted by Gasteiger charge is -2.25. The molecule has 1 heterocycles. The molecule has 0 amide bonds. The Morgan fingerprint density at radius 2 is 2.20 bits per heavy atom. The van der Waals surface area contributed by atoms with Crippen LogP contribution in [0.2, 0.25) is 0 Å². The Hall–Kier alpha value is -0.710. The lowest BCUT2D eigenvalue weighted by molar-refractivity contribution is 0.312. The summed E-state index contributed by atoms with van der Waals surface area (Å²) in [6.45, 7) is 2.05. The molecule has 4 heteroatoms. The molecule has 0 saturated heterocycles. The highest BCUT2D eigenvalue weighted by Crippen LogP contribution is 2.21. The van der Waals surface area contributed by atoms with Gasteiger partial charge in [-0.15, -0.1) is 0 Å². The summed E-state index contributed by atoms with van der Waals surface area (Å²) < 4.78 is 16.3. The van der Waals surface area contributed by atoms with Gasteiger partial charge < -0.3 is 4.90 Å². The predicted octanol–water partition coefficient (Wildman–Crippen LogP) is 1.34. The van der Waals surface area contributed by atoms with Crippen molar-refractivity contribution in [3.05, 3.63) is 29.3 Å². The van der Waals surface area contributed by atoms with Crippen LogP contribution >= 0.6 is 0 Å². The largest absolute Gasteiger partial charge is 0.302 e. The van der Waals surface area contributed by atoms with Gasteiger partial charge in [-0.05, 0) is 36.7 Å². The number of hydrogen-bond acceptors (Lipinski definition) is 3. The van der Waals surface area contributed by atoms with Crippen molar-refractivity contribution in [3.8, 4) is 0 Å². The molecule has 0 radical (unpaired) electrons. The summed E-state index contributed by atoms with van der Waals surface area (Å²) in [6.07, 6.45) is 1.03. The maximum atomic E-state index is 11.4. The summed E-state index contributed by atoms with van der Waals surface area (Å²) in [7, 11) is 3.58. The molecule has 0 saturated carbocycles. The van der Waals surface area contributed by atoms with E-state index in [1.165, 1.54) is 18.2 Å². The summed E-state index contributed by atoms with van der Waals surface area (Å²) in [4.78, 5) is 3.05. The highest BCUT2D eigenvalue weighted by atomic mass is 32.2. The Labute approximate surface area is 92.7 Å². The molecule has 0 aliphatic carbocycles. The third kappa shape index (κ3) is 2.27. The number of hydrogen-bond donors (Lipinski definition) is 0. The summed E-state index contributed by atoms with van der Waals surface area (Å²) in [5.41, 5.74) is 2.64. The van der Waals surface area contributed by atoms with Gasteiger partial charge in [-0.2, -0.15) is 0 Å². The topological polar surface area (TPSA) is 29.5 Å². The fraction of sp³-hybridized carbons (Fsp3) is 0.455. The maximum Gasteiger partial charge on any atom is 0.188 e. The van der Waals surface area contributed by atoms with E-state index >= 15 is 0 Å². The Bertz CT molecular complexity index is 392. The second-order valence-electron chi connectivity index (χ2n) is 3.82. The van der Waals surface area contributed by atoms with Crippen molar-refractivity contribution in [1.29, 1.82) is 0 Å². The van der Waals surface area contributed by atoms with E-state index in [0.717, 1.165) is 24.4 Å². The van der Waals surface area contributed by atoms with E-state index in [1.807, 2.05) is 12.1 Å². The van der Waals surface area contributed by atoms with Crippen molar-refractivity contribution in [2.24, 2.45) is 0 Å². The van der Waals surface area contributed by atoms with E-state index in [9.17, 15) is 4.21 Å². The van der Waals surface area contributed by atoms with Gasteiger partial charge in [0.15, 0.2) is 11.1 Å². The van der Waals surface area contributed by atoms with Gasteiger partial charge >= 0.3 is 0 Å². The highest BCUT2D eigenvalue weighted by molar-refractivity contribution is 7.80. The Morgan fingerprint density at radius 3 is 2.93 bits per heavy atom. The van der Waals surface area contributed by atoms with E-state index in [4.69, 9.17) is 4.18 Å². The normalized spacial score (nSPS) is 18.5. The van der Waals surface area contributed by atoms with Gasteiger partial charge in [-0.25, -0.2) is 4.21 Å². The second kappa shape index (κ2) is 4.43. The van der Waals surface area contributed by atoms with E-state index in [2.05, 4.69) is 18.0 Å². The van der Waals surface area contributed by atoms with Gasteiger partial charge in [0, 0.05) is 13.1 Å². The van der Waals surface area contributed by atoms with Crippen LogP contribution in [0.5, 0.6) is 0 Å². The van der Waals surface area contributed by atoms with Gasteiger partial charge in [0.05, 0.1) is 12.0 Å². The molecule has 0 aromatic heterocycles. The zero-order valence-corrected chi connectivity index (χ0v) is 9.84. The van der Waals surface area contributed by atoms with Crippen LogP contribution in [-0.4, -0.2) is 29.8 Å². The van der Waals surface area contributed by atoms with Crippen molar-refractivity contribution < 1.29 is 8.39 Å². The number of rotatable bonds is 2. The van der Waals surface area contributed by atoms with Gasteiger partial charge in [0.1, 0.15) is 0 Å². The van der Waals surface area contributed by atoms with E-state index in [-0.39, 0.29) is 0 Å². The molecule has 3 nitrogen and oxygen atoms in total. The first-order chi connectivity index (χ1) is 7.20. The third-order valence-electron chi connectivity index (χ3n) is 2.72. The number of nitrogens with zero attached hydrogens (tertiary/aromatic N) is 1. The SMILES string of the molecule is COS(=O)c1ccc2c(c1)CCN(C)C2. The van der Waals surface area contributed by atoms with E-state index in [0.29, 0.717) is 0 Å².